The van der Waals surface area contributed by atoms with Crippen LogP contribution in [0, 0.1) is 17.7 Å². The monoisotopic (exact) mass is 408 g/mol. The minimum absolute atomic E-state index is 0.0480. The fraction of sp³-hybridized carbons (Fsp3) is 0.227. The van der Waals surface area contributed by atoms with Crippen LogP contribution in [0.15, 0.2) is 35.5 Å². The lowest BCUT2D eigenvalue weighted by Gasteiger charge is -2.14. The summed E-state index contributed by atoms with van der Waals surface area (Å²) in [6, 6.07) is 8.51. The Kier molecular flexibility index (Phi) is 5.59. The number of nitrogens with zero attached hydrogens (tertiary/aromatic N) is 3. The molecule has 4 rings (SSSR count). The Morgan fingerprint density at radius 3 is 3.00 bits per heavy atom. The molecule has 0 bridgehead atoms. The molecule has 29 heavy (non-hydrogen) atoms. The fourth-order valence-corrected chi connectivity index (χ4v) is 3.68. The number of halogens is 2. The van der Waals surface area contributed by atoms with Crippen LogP contribution in [0.5, 0.6) is 0 Å². The van der Waals surface area contributed by atoms with E-state index in [0.717, 1.165) is 47.8 Å². The van der Waals surface area contributed by atoms with E-state index < -0.39 is 5.82 Å². The highest BCUT2D eigenvalue weighted by atomic mass is 35.5. The van der Waals surface area contributed by atoms with Gasteiger partial charge in [0.15, 0.2) is 5.82 Å². The molecule has 0 atom stereocenters. The number of oxime groups is 1. The van der Waals surface area contributed by atoms with E-state index in [1.54, 1.807) is 0 Å². The number of aromatic nitrogens is 2. The molecule has 1 aliphatic carbocycles. The van der Waals surface area contributed by atoms with E-state index in [9.17, 15) is 4.39 Å². The largest absolute Gasteiger partial charge is 0.411 e. The van der Waals surface area contributed by atoms with Crippen LogP contribution in [-0.2, 0) is 12.8 Å². The normalized spacial score (nSPS) is 12.8. The number of rotatable bonds is 4. The van der Waals surface area contributed by atoms with Crippen molar-refractivity contribution >= 4 is 34.4 Å². The van der Waals surface area contributed by atoms with Crippen molar-refractivity contribution in [3.05, 3.63) is 63.8 Å². The average molecular weight is 409 g/mol. The predicted octanol–water partition coefficient (Wildman–Crippen LogP) is 4.57. The maximum atomic E-state index is 13.5. The van der Waals surface area contributed by atoms with Gasteiger partial charge in [-0.2, -0.15) is 0 Å². The number of pyridine rings is 2. The molecule has 0 radical (unpaired) electrons. The van der Waals surface area contributed by atoms with Crippen LogP contribution < -0.4 is 5.32 Å². The van der Waals surface area contributed by atoms with E-state index in [2.05, 4.69) is 27.3 Å². The lowest BCUT2D eigenvalue weighted by Crippen LogP contribution is -2.05. The number of benzene rings is 1. The first-order valence-corrected chi connectivity index (χ1v) is 9.71. The molecule has 0 fully saturated rings. The van der Waals surface area contributed by atoms with Gasteiger partial charge in [0.2, 0.25) is 0 Å². The summed E-state index contributed by atoms with van der Waals surface area (Å²) < 4.78 is 13.5. The van der Waals surface area contributed by atoms with Crippen molar-refractivity contribution in [1.82, 2.24) is 9.97 Å². The van der Waals surface area contributed by atoms with Gasteiger partial charge in [-0.3, -0.25) is 4.98 Å². The molecule has 0 aliphatic heterocycles. The van der Waals surface area contributed by atoms with E-state index in [-0.39, 0.29) is 5.69 Å². The van der Waals surface area contributed by atoms with Gasteiger partial charge < -0.3 is 10.5 Å². The molecule has 2 N–H and O–H groups in total. The van der Waals surface area contributed by atoms with Crippen LogP contribution in [0.2, 0.25) is 5.02 Å². The minimum Gasteiger partial charge on any atom is -0.411 e. The average Bonchev–Trinajstić information content (AvgIpc) is 3.18. The maximum Gasteiger partial charge on any atom is 0.150 e. The number of fused-ring (bicyclic) bond motifs is 2. The van der Waals surface area contributed by atoms with Crippen molar-refractivity contribution in [3.8, 4) is 11.8 Å². The third kappa shape index (κ3) is 4.15. The minimum atomic E-state index is -0.563. The lowest BCUT2D eigenvalue weighted by molar-refractivity contribution is 0.321. The second-order valence-electron chi connectivity index (χ2n) is 6.71. The molecule has 0 spiro atoms. The zero-order valence-electron chi connectivity index (χ0n) is 15.5. The van der Waals surface area contributed by atoms with Crippen LogP contribution in [0.25, 0.3) is 10.9 Å². The van der Waals surface area contributed by atoms with E-state index in [4.69, 9.17) is 21.8 Å². The van der Waals surface area contributed by atoms with Crippen molar-refractivity contribution in [2.24, 2.45) is 5.16 Å². The number of nitrogens with one attached hydrogen (secondary N) is 1. The molecule has 1 aromatic carbocycles. The van der Waals surface area contributed by atoms with Crippen molar-refractivity contribution in [2.45, 2.75) is 25.7 Å². The Bertz CT molecular complexity index is 1170. The van der Waals surface area contributed by atoms with Gasteiger partial charge >= 0.3 is 0 Å². The standard InChI is InChI=1S/C22H18ClFN4O/c23-14-7-10-20-17(12-14)22(16-5-3-6-19(16)28-20)25-11-2-1-4-15-8-9-18(24)21(27-15)13-26-29/h7-10,12-13,29H,2-3,5-6,11H2,(H,25,28)/b26-13+. The first-order chi connectivity index (χ1) is 14.2. The van der Waals surface area contributed by atoms with Gasteiger partial charge in [0, 0.05) is 34.8 Å². The van der Waals surface area contributed by atoms with Gasteiger partial charge in [-0.15, -0.1) is 0 Å². The maximum absolute atomic E-state index is 13.5. The summed E-state index contributed by atoms with van der Waals surface area (Å²) in [6.07, 6.45) is 4.64. The van der Waals surface area contributed by atoms with Crippen molar-refractivity contribution < 1.29 is 9.60 Å². The molecule has 0 amide bonds. The third-order valence-corrected chi connectivity index (χ3v) is 5.03. The summed E-state index contributed by atoms with van der Waals surface area (Å²) in [6.45, 7) is 0.650. The number of anilines is 1. The van der Waals surface area contributed by atoms with Crippen molar-refractivity contribution in [2.75, 3.05) is 11.9 Å². The molecule has 3 aromatic rings. The Morgan fingerprint density at radius 1 is 1.24 bits per heavy atom. The highest BCUT2D eigenvalue weighted by Gasteiger charge is 2.19. The molecule has 2 aromatic heterocycles. The number of hydrogen-bond donors (Lipinski definition) is 2. The Morgan fingerprint density at radius 2 is 2.14 bits per heavy atom. The second kappa shape index (κ2) is 8.46. The molecule has 146 valence electrons. The highest BCUT2D eigenvalue weighted by molar-refractivity contribution is 6.31. The summed E-state index contributed by atoms with van der Waals surface area (Å²) in [5, 5.41) is 16.6. The Hall–Kier alpha value is -3.17. The molecular weight excluding hydrogens is 391 g/mol. The fourth-order valence-electron chi connectivity index (χ4n) is 3.51. The Labute approximate surface area is 172 Å². The summed E-state index contributed by atoms with van der Waals surface area (Å²) in [5.74, 6) is 5.39. The first kappa shape index (κ1) is 19.2. The molecule has 0 saturated heterocycles. The van der Waals surface area contributed by atoms with Crippen LogP contribution in [0.3, 0.4) is 0 Å². The lowest BCUT2D eigenvalue weighted by atomic mass is 10.1. The van der Waals surface area contributed by atoms with Crippen LogP contribution in [-0.4, -0.2) is 27.9 Å². The first-order valence-electron chi connectivity index (χ1n) is 9.33. The van der Waals surface area contributed by atoms with Gasteiger partial charge in [-0.25, -0.2) is 9.37 Å². The summed E-state index contributed by atoms with van der Waals surface area (Å²) in [4.78, 5) is 8.79. The SMILES string of the molecule is O/N=C/c1nc(C#CCCNc2c3c(nc4ccc(Cl)cc24)CCC3)ccc1F. The van der Waals surface area contributed by atoms with Gasteiger partial charge in [0.05, 0.1) is 11.7 Å². The van der Waals surface area contributed by atoms with Crippen LogP contribution >= 0.6 is 11.6 Å². The summed E-state index contributed by atoms with van der Waals surface area (Å²) in [7, 11) is 0. The highest BCUT2D eigenvalue weighted by Crippen LogP contribution is 2.35. The molecule has 0 unspecified atom stereocenters. The zero-order valence-corrected chi connectivity index (χ0v) is 16.3. The molecular formula is C22H18ClFN4O. The Balaban J connectivity index is 1.50. The summed E-state index contributed by atoms with van der Waals surface area (Å²) >= 11 is 6.20. The molecule has 7 heteroatoms. The van der Waals surface area contributed by atoms with Gasteiger partial charge in [0.1, 0.15) is 11.4 Å². The van der Waals surface area contributed by atoms with E-state index in [1.807, 2.05) is 18.2 Å². The van der Waals surface area contributed by atoms with Crippen molar-refractivity contribution in [3.63, 3.8) is 0 Å². The smallest absolute Gasteiger partial charge is 0.150 e. The number of hydrogen-bond acceptors (Lipinski definition) is 5. The molecule has 5 nitrogen and oxygen atoms in total. The van der Waals surface area contributed by atoms with E-state index in [1.165, 1.54) is 17.7 Å². The van der Waals surface area contributed by atoms with E-state index >= 15 is 0 Å². The third-order valence-electron chi connectivity index (χ3n) is 4.80. The van der Waals surface area contributed by atoms with E-state index in [0.29, 0.717) is 23.7 Å². The number of aryl methyl sites for hydroxylation is 1. The van der Waals surface area contributed by atoms with Crippen molar-refractivity contribution in [1.29, 1.82) is 0 Å². The quantitative estimate of drug-likeness (QED) is 0.218. The second-order valence-corrected chi connectivity index (χ2v) is 7.15. The molecule has 1 aliphatic rings. The van der Waals surface area contributed by atoms with Gasteiger partial charge in [-0.1, -0.05) is 22.7 Å². The predicted molar refractivity (Wildman–Crippen MR) is 112 cm³/mol. The summed E-state index contributed by atoms with van der Waals surface area (Å²) in [5.41, 5.74) is 4.82. The zero-order chi connectivity index (χ0) is 20.2. The molecule has 2 heterocycles. The van der Waals surface area contributed by atoms with Crippen LogP contribution in [0.1, 0.15) is 35.5 Å². The van der Waals surface area contributed by atoms with Gasteiger partial charge in [0.25, 0.3) is 0 Å². The molecule has 0 saturated carbocycles. The van der Waals surface area contributed by atoms with Crippen LogP contribution in [0.4, 0.5) is 10.1 Å². The van der Waals surface area contributed by atoms with Gasteiger partial charge in [-0.05, 0) is 61.1 Å². The topological polar surface area (TPSA) is 70.4 Å².